The molecule has 2 heterocycles. The third-order valence-corrected chi connectivity index (χ3v) is 7.42. The van der Waals surface area contributed by atoms with Crippen LogP contribution in [0.1, 0.15) is 49.8 Å². The van der Waals surface area contributed by atoms with Gasteiger partial charge >= 0.3 is 0 Å². The van der Waals surface area contributed by atoms with Crippen LogP contribution < -0.4 is 5.32 Å². The molecule has 2 fully saturated rings. The second kappa shape index (κ2) is 7.37. The number of rotatable bonds is 3. The van der Waals surface area contributed by atoms with Crippen molar-refractivity contribution in [1.29, 1.82) is 5.26 Å². The lowest BCUT2D eigenvalue weighted by molar-refractivity contribution is -0.144. The molecule has 2 aliphatic carbocycles. The summed E-state index contributed by atoms with van der Waals surface area (Å²) in [6, 6.07) is 7.02. The summed E-state index contributed by atoms with van der Waals surface area (Å²) in [4.78, 5) is 28.3. The summed E-state index contributed by atoms with van der Waals surface area (Å²) in [5, 5.41) is 13.1. The van der Waals surface area contributed by atoms with Crippen molar-refractivity contribution in [3.8, 4) is 6.07 Å². The number of halogens is 1. The lowest BCUT2D eigenvalue weighted by Gasteiger charge is -2.36. The Morgan fingerprint density at radius 3 is 2.68 bits per heavy atom. The Hall–Kier alpha value is -2.88. The Morgan fingerprint density at radius 1 is 1.23 bits per heavy atom. The first kappa shape index (κ1) is 20.0. The molecule has 6 nitrogen and oxygen atoms in total. The van der Waals surface area contributed by atoms with Crippen LogP contribution in [0.4, 0.5) is 4.39 Å². The predicted octanol–water partition coefficient (Wildman–Crippen LogP) is 3.18. The van der Waals surface area contributed by atoms with Crippen LogP contribution in [0.25, 0.3) is 10.9 Å². The molecule has 0 unspecified atom stereocenters. The molecule has 1 aromatic heterocycles. The molecular weight excluding hydrogens is 395 g/mol. The first-order chi connectivity index (χ1) is 14.9. The van der Waals surface area contributed by atoms with E-state index in [4.69, 9.17) is 0 Å². The fourth-order valence-electron chi connectivity index (χ4n) is 5.43. The molecule has 7 heteroatoms. The Bertz CT molecular complexity index is 1110. The van der Waals surface area contributed by atoms with E-state index >= 15 is 0 Å². The second-order valence-corrected chi connectivity index (χ2v) is 9.34. The fraction of sp³-hybridized carbons (Fsp3) is 0.542. The highest BCUT2D eigenvalue weighted by molar-refractivity contribution is 5.90. The summed E-state index contributed by atoms with van der Waals surface area (Å²) in [7, 11) is 1.99. The number of amides is 2. The van der Waals surface area contributed by atoms with Gasteiger partial charge in [0.15, 0.2) is 0 Å². The number of hydrogen-bond donors (Lipinski definition) is 1. The second-order valence-electron chi connectivity index (χ2n) is 9.34. The molecule has 0 saturated heterocycles. The third kappa shape index (κ3) is 3.38. The topological polar surface area (TPSA) is 78.1 Å². The van der Waals surface area contributed by atoms with Gasteiger partial charge in [-0.15, -0.1) is 0 Å². The molecule has 2 aromatic rings. The van der Waals surface area contributed by atoms with E-state index in [-0.39, 0.29) is 29.5 Å². The zero-order valence-electron chi connectivity index (χ0n) is 17.8. The summed E-state index contributed by atoms with van der Waals surface area (Å²) in [6.07, 6.45) is 5.33. The average Bonchev–Trinajstić information content (AvgIpc) is 3.51. The minimum absolute atomic E-state index is 0.0145. The number of carbonyl (C=O) groups is 2. The van der Waals surface area contributed by atoms with Crippen LogP contribution in [0.2, 0.25) is 0 Å². The monoisotopic (exact) mass is 422 g/mol. The lowest BCUT2D eigenvalue weighted by Crippen LogP contribution is -2.48. The van der Waals surface area contributed by atoms with Gasteiger partial charge in [-0.1, -0.05) is 12.8 Å². The van der Waals surface area contributed by atoms with Crippen molar-refractivity contribution in [2.75, 3.05) is 6.54 Å². The maximum absolute atomic E-state index is 13.9. The lowest BCUT2D eigenvalue weighted by atomic mass is 9.77. The van der Waals surface area contributed by atoms with E-state index in [1.165, 1.54) is 6.07 Å². The van der Waals surface area contributed by atoms with E-state index < -0.39 is 5.54 Å². The van der Waals surface area contributed by atoms with Crippen molar-refractivity contribution in [2.24, 2.45) is 18.9 Å². The van der Waals surface area contributed by atoms with E-state index in [0.717, 1.165) is 41.4 Å². The minimum Gasteiger partial charge on any atom is -0.347 e. The molecule has 0 radical (unpaired) electrons. The van der Waals surface area contributed by atoms with E-state index in [1.807, 2.05) is 11.9 Å². The number of hydrogen-bond acceptors (Lipinski definition) is 3. The fourth-order valence-corrected chi connectivity index (χ4v) is 5.43. The van der Waals surface area contributed by atoms with E-state index in [0.29, 0.717) is 38.8 Å². The van der Waals surface area contributed by atoms with Gasteiger partial charge in [0.2, 0.25) is 11.8 Å². The molecule has 0 spiro atoms. The molecular formula is C24H27FN4O2. The molecule has 1 aliphatic heterocycles. The van der Waals surface area contributed by atoms with Gasteiger partial charge in [-0.25, -0.2) is 4.39 Å². The van der Waals surface area contributed by atoms with E-state index in [1.54, 1.807) is 12.1 Å². The number of nitrogens with zero attached hydrogens (tertiary/aromatic N) is 3. The number of benzene rings is 1. The normalized spacial score (nSPS) is 24.4. The molecule has 1 N–H and O–H groups in total. The number of fused-ring (bicyclic) bond motifs is 3. The first-order valence-electron chi connectivity index (χ1n) is 11.2. The van der Waals surface area contributed by atoms with Gasteiger partial charge in [0.1, 0.15) is 11.4 Å². The van der Waals surface area contributed by atoms with Gasteiger partial charge < -0.3 is 14.8 Å². The minimum atomic E-state index is -0.713. The van der Waals surface area contributed by atoms with Crippen LogP contribution in [-0.4, -0.2) is 33.4 Å². The van der Waals surface area contributed by atoms with Crippen molar-refractivity contribution in [2.45, 2.75) is 57.0 Å². The summed E-state index contributed by atoms with van der Waals surface area (Å²) < 4.78 is 16.0. The van der Waals surface area contributed by atoms with Crippen LogP contribution in [-0.2, 0) is 29.6 Å². The van der Waals surface area contributed by atoms with Gasteiger partial charge in [0.05, 0.1) is 6.07 Å². The van der Waals surface area contributed by atoms with Crippen LogP contribution in [0.3, 0.4) is 0 Å². The van der Waals surface area contributed by atoms with Gasteiger partial charge in [0, 0.05) is 60.6 Å². The van der Waals surface area contributed by atoms with E-state index in [9.17, 15) is 19.2 Å². The van der Waals surface area contributed by atoms with Crippen molar-refractivity contribution >= 4 is 22.7 Å². The maximum atomic E-state index is 13.9. The first-order valence-corrected chi connectivity index (χ1v) is 11.2. The average molecular weight is 423 g/mol. The molecule has 1 aromatic carbocycles. The smallest absolute Gasteiger partial charge is 0.226 e. The van der Waals surface area contributed by atoms with E-state index in [2.05, 4.69) is 16.0 Å². The number of carbonyl (C=O) groups excluding carboxylic acids is 2. The number of nitrogens with one attached hydrogen (secondary N) is 1. The SMILES string of the molecule is Cn1c2c(c3cc(F)ccc31)CN(C(=O)[C@@H]1CCCC[C@H]1C(=O)NC1(C#N)CC1)CC2. The molecule has 0 bridgehead atoms. The number of nitriles is 1. The number of aromatic nitrogens is 1. The Balaban J connectivity index is 1.38. The van der Waals surface area contributed by atoms with Crippen LogP contribution >= 0.6 is 0 Å². The molecule has 2 amide bonds. The zero-order valence-corrected chi connectivity index (χ0v) is 17.8. The largest absolute Gasteiger partial charge is 0.347 e. The Labute approximate surface area is 181 Å². The zero-order chi connectivity index (χ0) is 21.8. The molecule has 31 heavy (non-hydrogen) atoms. The summed E-state index contributed by atoms with van der Waals surface area (Å²) in [6.45, 7) is 1.05. The van der Waals surface area contributed by atoms with Crippen molar-refractivity contribution in [3.05, 3.63) is 35.3 Å². The van der Waals surface area contributed by atoms with Crippen LogP contribution in [0.15, 0.2) is 18.2 Å². The van der Waals surface area contributed by atoms with Crippen molar-refractivity contribution in [3.63, 3.8) is 0 Å². The predicted molar refractivity (Wildman–Crippen MR) is 113 cm³/mol. The van der Waals surface area contributed by atoms with Gasteiger partial charge in [0.25, 0.3) is 0 Å². The summed E-state index contributed by atoms with van der Waals surface area (Å²) in [5.41, 5.74) is 2.42. The quantitative estimate of drug-likeness (QED) is 0.825. The molecule has 2 atom stereocenters. The molecule has 5 rings (SSSR count). The number of aryl methyl sites for hydroxylation is 1. The molecule has 3 aliphatic rings. The summed E-state index contributed by atoms with van der Waals surface area (Å²) >= 11 is 0. The standard InChI is InChI=1S/C24H27FN4O2/c1-28-20-7-6-15(25)12-18(20)19-13-29(11-8-21(19)28)23(31)17-5-3-2-4-16(17)22(30)27-24(14-26)9-10-24/h6-7,12,16-17H,2-5,8-11,13H2,1H3,(H,27,30)/t16-,17-/m1/s1. The van der Waals surface area contributed by atoms with Crippen LogP contribution in [0, 0.1) is 29.0 Å². The highest BCUT2D eigenvalue weighted by Crippen LogP contribution is 2.38. The molecule has 162 valence electrons. The Kier molecular flexibility index (Phi) is 4.76. The van der Waals surface area contributed by atoms with Crippen molar-refractivity contribution in [1.82, 2.24) is 14.8 Å². The maximum Gasteiger partial charge on any atom is 0.226 e. The Morgan fingerprint density at radius 2 is 1.97 bits per heavy atom. The van der Waals surface area contributed by atoms with Gasteiger partial charge in [-0.3, -0.25) is 9.59 Å². The van der Waals surface area contributed by atoms with Gasteiger partial charge in [-0.2, -0.15) is 5.26 Å². The van der Waals surface area contributed by atoms with Crippen LogP contribution in [0.5, 0.6) is 0 Å². The highest BCUT2D eigenvalue weighted by Gasteiger charge is 2.47. The highest BCUT2D eigenvalue weighted by atomic mass is 19.1. The van der Waals surface area contributed by atoms with Crippen molar-refractivity contribution < 1.29 is 14.0 Å². The third-order valence-electron chi connectivity index (χ3n) is 7.42. The summed E-state index contributed by atoms with van der Waals surface area (Å²) in [5.74, 6) is -1.14. The van der Waals surface area contributed by atoms with Gasteiger partial charge in [-0.05, 0) is 43.9 Å². The molecule has 2 saturated carbocycles.